The topological polar surface area (TPSA) is 62.0 Å². The molecular formula is C11H14N4O. The van der Waals surface area contributed by atoms with Gasteiger partial charge in [-0.05, 0) is 19.4 Å². The SMILES string of the molecule is Cc1cc(C#N)nc(N(C)C2CCOC2)n1. The smallest absolute Gasteiger partial charge is 0.226 e. The number of ether oxygens (including phenoxy) is 1. The quantitative estimate of drug-likeness (QED) is 0.737. The van der Waals surface area contributed by atoms with E-state index in [2.05, 4.69) is 9.97 Å². The molecule has 0 bridgehead atoms. The minimum atomic E-state index is 0.313. The molecule has 0 radical (unpaired) electrons. The van der Waals surface area contributed by atoms with Crippen LogP contribution in [0.1, 0.15) is 17.8 Å². The summed E-state index contributed by atoms with van der Waals surface area (Å²) in [5.41, 5.74) is 1.22. The number of aryl methyl sites for hydroxylation is 1. The van der Waals surface area contributed by atoms with Crippen molar-refractivity contribution >= 4 is 5.95 Å². The average Bonchev–Trinajstić information content (AvgIpc) is 2.80. The van der Waals surface area contributed by atoms with Crippen molar-refractivity contribution in [3.63, 3.8) is 0 Å². The normalized spacial score (nSPS) is 19.4. The van der Waals surface area contributed by atoms with Gasteiger partial charge in [-0.15, -0.1) is 0 Å². The van der Waals surface area contributed by atoms with E-state index in [1.165, 1.54) is 0 Å². The zero-order valence-electron chi connectivity index (χ0n) is 9.47. The summed E-state index contributed by atoms with van der Waals surface area (Å²) >= 11 is 0. The summed E-state index contributed by atoms with van der Waals surface area (Å²) in [6.45, 7) is 3.35. The second-order valence-corrected chi connectivity index (χ2v) is 3.93. The van der Waals surface area contributed by atoms with E-state index in [1.54, 1.807) is 6.07 Å². The lowest BCUT2D eigenvalue weighted by molar-refractivity contribution is 0.193. The van der Waals surface area contributed by atoms with Crippen LogP contribution in [-0.4, -0.2) is 36.3 Å². The highest BCUT2D eigenvalue weighted by atomic mass is 16.5. The third-order valence-electron chi connectivity index (χ3n) is 2.73. The molecule has 84 valence electrons. The van der Waals surface area contributed by atoms with Crippen LogP contribution >= 0.6 is 0 Å². The monoisotopic (exact) mass is 218 g/mol. The van der Waals surface area contributed by atoms with Crippen LogP contribution in [0.25, 0.3) is 0 Å². The van der Waals surface area contributed by atoms with Gasteiger partial charge in [-0.3, -0.25) is 0 Å². The molecule has 0 aromatic carbocycles. The zero-order valence-corrected chi connectivity index (χ0v) is 9.47. The van der Waals surface area contributed by atoms with Gasteiger partial charge in [-0.2, -0.15) is 5.26 Å². The molecule has 2 heterocycles. The number of nitrogens with zero attached hydrogens (tertiary/aromatic N) is 4. The van der Waals surface area contributed by atoms with E-state index in [-0.39, 0.29) is 0 Å². The minimum Gasteiger partial charge on any atom is -0.379 e. The highest BCUT2D eigenvalue weighted by Crippen LogP contribution is 2.16. The minimum absolute atomic E-state index is 0.313. The fourth-order valence-corrected chi connectivity index (χ4v) is 1.76. The van der Waals surface area contributed by atoms with Crippen LogP contribution in [0.5, 0.6) is 0 Å². The van der Waals surface area contributed by atoms with E-state index in [0.29, 0.717) is 24.3 Å². The number of rotatable bonds is 2. The third-order valence-corrected chi connectivity index (χ3v) is 2.73. The molecule has 0 N–H and O–H groups in total. The van der Waals surface area contributed by atoms with E-state index in [4.69, 9.17) is 10.00 Å². The summed E-state index contributed by atoms with van der Waals surface area (Å²) < 4.78 is 5.32. The summed E-state index contributed by atoms with van der Waals surface area (Å²) in [6, 6.07) is 4.04. The Bertz CT molecular complexity index is 420. The lowest BCUT2D eigenvalue weighted by Gasteiger charge is -2.23. The van der Waals surface area contributed by atoms with Crippen molar-refractivity contribution in [2.24, 2.45) is 0 Å². The van der Waals surface area contributed by atoms with Crippen LogP contribution in [0.15, 0.2) is 6.07 Å². The summed E-state index contributed by atoms with van der Waals surface area (Å²) in [5.74, 6) is 0.604. The molecule has 1 fully saturated rings. The van der Waals surface area contributed by atoms with E-state index >= 15 is 0 Å². The fourth-order valence-electron chi connectivity index (χ4n) is 1.76. The molecule has 1 aliphatic heterocycles. The summed E-state index contributed by atoms with van der Waals surface area (Å²) in [7, 11) is 1.94. The molecule has 16 heavy (non-hydrogen) atoms. The number of hydrogen-bond acceptors (Lipinski definition) is 5. The molecule has 1 saturated heterocycles. The number of aromatic nitrogens is 2. The van der Waals surface area contributed by atoms with E-state index in [1.807, 2.05) is 24.9 Å². The van der Waals surface area contributed by atoms with Crippen molar-refractivity contribution in [2.75, 3.05) is 25.2 Å². The Balaban J connectivity index is 2.25. The Labute approximate surface area is 94.7 Å². The number of hydrogen-bond donors (Lipinski definition) is 0. The lowest BCUT2D eigenvalue weighted by Crippen LogP contribution is -2.33. The van der Waals surface area contributed by atoms with Crippen molar-refractivity contribution in [3.05, 3.63) is 17.5 Å². The molecule has 1 unspecified atom stereocenters. The van der Waals surface area contributed by atoms with Crippen LogP contribution in [0.4, 0.5) is 5.95 Å². The maximum absolute atomic E-state index is 8.85. The van der Waals surface area contributed by atoms with Crippen LogP contribution in [0, 0.1) is 18.3 Å². The molecule has 0 spiro atoms. The molecular weight excluding hydrogens is 204 g/mol. The van der Waals surface area contributed by atoms with Gasteiger partial charge in [0.15, 0.2) is 0 Å². The Morgan fingerprint density at radius 2 is 2.38 bits per heavy atom. The van der Waals surface area contributed by atoms with Gasteiger partial charge < -0.3 is 9.64 Å². The first-order valence-electron chi connectivity index (χ1n) is 5.27. The molecule has 5 nitrogen and oxygen atoms in total. The van der Waals surface area contributed by atoms with Crippen LogP contribution in [0.3, 0.4) is 0 Å². The molecule has 1 atom stereocenters. The van der Waals surface area contributed by atoms with Crippen LogP contribution < -0.4 is 4.90 Å². The summed E-state index contributed by atoms with van der Waals surface area (Å²) in [6.07, 6.45) is 0.982. The molecule has 5 heteroatoms. The van der Waals surface area contributed by atoms with Gasteiger partial charge in [-0.25, -0.2) is 9.97 Å². The first kappa shape index (κ1) is 10.8. The highest BCUT2D eigenvalue weighted by molar-refractivity contribution is 5.36. The van der Waals surface area contributed by atoms with Gasteiger partial charge in [-0.1, -0.05) is 0 Å². The molecule has 0 saturated carbocycles. The summed E-state index contributed by atoms with van der Waals surface area (Å²) in [5, 5.41) is 8.85. The first-order chi connectivity index (χ1) is 7.70. The van der Waals surface area contributed by atoms with Gasteiger partial charge in [0.1, 0.15) is 11.8 Å². The van der Waals surface area contributed by atoms with Gasteiger partial charge in [0.05, 0.1) is 12.6 Å². The highest BCUT2D eigenvalue weighted by Gasteiger charge is 2.22. The maximum Gasteiger partial charge on any atom is 0.226 e. The van der Waals surface area contributed by atoms with E-state index in [0.717, 1.165) is 18.7 Å². The van der Waals surface area contributed by atoms with Crippen LogP contribution in [-0.2, 0) is 4.74 Å². The van der Waals surface area contributed by atoms with Crippen molar-refractivity contribution in [2.45, 2.75) is 19.4 Å². The Hall–Kier alpha value is -1.67. The van der Waals surface area contributed by atoms with Gasteiger partial charge in [0.2, 0.25) is 5.95 Å². The Morgan fingerprint density at radius 3 is 3.00 bits per heavy atom. The number of nitriles is 1. The average molecular weight is 218 g/mol. The number of likely N-dealkylation sites (N-methyl/N-ethyl adjacent to an activating group) is 1. The molecule has 1 aliphatic rings. The van der Waals surface area contributed by atoms with Gasteiger partial charge in [0.25, 0.3) is 0 Å². The molecule has 1 aromatic rings. The molecule has 0 amide bonds. The second-order valence-electron chi connectivity index (χ2n) is 3.93. The standard InChI is InChI=1S/C11H14N4O/c1-8-5-9(6-12)14-11(13-8)15(2)10-3-4-16-7-10/h5,10H,3-4,7H2,1-2H3. The Kier molecular flexibility index (Phi) is 3.02. The van der Waals surface area contributed by atoms with Crippen molar-refractivity contribution < 1.29 is 4.74 Å². The maximum atomic E-state index is 8.85. The summed E-state index contributed by atoms with van der Waals surface area (Å²) in [4.78, 5) is 10.5. The van der Waals surface area contributed by atoms with Crippen molar-refractivity contribution in [1.82, 2.24) is 9.97 Å². The van der Waals surface area contributed by atoms with E-state index in [9.17, 15) is 0 Å². The van der Waals surface area contributed by atoms with Gasteiger partial charge in [0, 0.05) is 19.3 Å². The molecule has 1 aromatic heterocycles. The predicted molar refractivity (Wildman–Crippen MR) is 59.1 cm³/mol. The molecule has 0 aliphatic carbocycles. The fraction of sp³-hybridized carbons (Fsp3) is 0.545. The largest absolute Gasteiger partial charge is 0.379 e. The predicted octanol–water partition coefficient (Wildman–Crippen LogP) is 0.882. The van der Waals surface area contributed by atoms with Gasteiger partial charge >= 0.3 is 0 Å². The Morgan fingerprint density at radius 1 is 1.56 bits per heavy atom. The van der Waals surface area contributed by atoms with Crippen LogP contribution in [0.2, 0.25) is 0 Å². The lowest BCUT2D eigenvalue weighted by atomic mass is 10.2. The number of anilines is 1. The first-order valence-corrected chi connectivity index (χ1v) is 5.27. The third kappa shape index (κ3) is 2.12. The molecule has 2 rings (SSSR count). The van der Waals surface area contributed by atoms with E-state index < -0.39 is 0 Å². The zero-order chi connectivity index (χ0) is 11.5. The van der Waals surface area contributed by atoms with Crippen molar-refractivity contribution in [1.29, 1.82) is 5.26 Å². The second kappa shape index (κ2) is 4.45. The van der Waals surface area contributed by atoms with Crippen molar-refractivity contribution in [3.8, 4) is 6.07 Å².